The number of halogens is 2. The summed E-state index contributed by atoms with van der Waals surface area (Å²) in [6.07, 6.45) is 3.04. The second-order valence-electron chi connectivity index (χ2n) is 2.88. The van der Waals surface area contributed by atoms with Gasteiger partial charge < -0.3 is 0 Å². The average molecular weight is 369 g/mol. The van der Waals surface area contributed by atoms with Gasteiger partial charge in [-0.05, 0) is 15.4 Å². The first-order valence-corrected chi connectivity index (χ1v) is 7.67. The molecule has 0 saturated carbocycles. The zero-order valence-electron chi connectivity index (χ0n) is 8.13. The fraction of sp³-hybridized carbons (Fsp3) is 0.300. The summed E-state index contributed by atoms with van der Waals surface area (Å²) in [5.41, 5.74) is 0. The zero-order chi connectivity index (χ0) is 11.3. The first-order chi connectivity index (χ1) is 7.08. The normalized spacial score (nSPS) is 18.0. The van der Waals surface area contributed by atoms with Crippen molar-refractivity contribution < 1.29 is 0 Å². The minimum atomic E-state index is 0.808. The van der Waals surface area contributed by atoms with E-state index >= 15 is 0 Å². The van der Waals surface area contributed by atoms with Crippen LogP contribution in [0.3, 0.4) is 0 Å². The molecule has 1 aliphatic rings. The topological polar surface area (TPSA) is 12.4 Å². The molecule has 0 aliphatic carbocycles. The summed E-state index contributed by atoms with van der Waals surface area (Å²) in [4.78, 5) is 5.74. The molecular weight excluding hydrogens is 358 g/mol. The molecule has 0 amide bonds. The lowest BCUT2D eigenvalue weighted by atomic mass is 10.4. The molecule has 0 unspecified atom stereocenters. The number of nitrogens with zero attached hydrogens (tertiary/aromatic N) is 1. The Kier molecular flexibility index (Phi) is 6.34. The summed E-state index contributed by atoms with van der Waals surface area (Å²) in [5.74, 6) is 0.879. The molecule has 0 fully saturated rings. The van der Waals surface area contributed by atoms with E-state index in [-0.39, 0.29) is 0 Å². The van der Waals surface area contributed by atoms with Gasteiger partial charge in [-0.3, -0.25) is 4.99 Å². The van der Waals surface area contributed by atoms with Crippen molar-refractivity contribution in [2.75, 3.05) is 12.3 Å². The molecule has 0 bridgehead atoms. The van der Waals surface area contributed by atoms with Gasteiger partial charge in [0.25, 0.3) is 0 Å². The molecule has 0 aromatic rings. The molecule has 82 valence electrons. The molecule has 0 atom stereocenters. The fourth-order valence-corrected chi connectivity index (χ4v) is 3.19. The summed E-state index contributed by atoms with van der Waals surface area (Å²) < 4.78 is 3.13. The van der Waals surface area contributed by atoms with Gasteiger partial charge in [0.1, 0.15) is 4.38 Å². The lowest BCUT2D eigenvalue weighted by Crippen LogP contribution is -1.82. The minimum absolute atomic E-state index is 0.808. The lowest BCUT2D eigenvalue weighted by molar-refractivity contribution is 1.23. The summed E-state index contributed by atoms with van der Waals surface area (Å²) in [7, 11) is 0. The van der Waals surface area contributed by atoms with E-state index < -0.39 is 0 Å². The van der Waals surface area contributed by atoms with Crippen LogP contribution in [0.1, 0.15) is 6.42 Å². The molecular formula is C10H11Br2NS2. The van der Waals surface area contributed by atoms with Crippen LogP contribution in [0.4, 0.5) is 0 Å². The summed E-state index contributed by atoms with van der Waals surface area (Å²) in [6.45, 7) is 8.40. The standard InChI is InChI=1S/C10H11Br2NS2/c1-7(11)3-4-9-5-13-10(15-9)14-6-8(2)12/h4H,1-3,5-6H2/b9-4+. The molecule has 5 heteroatoms. The Morgan fingerprint density at radius 1 is 1.47 bits per heavy atom. The number of thioether (sulfide) groups is 2. The van der Waals surface area contributed by atoms with Crippen LogP contribution in [0, 0.1) is 0 Å². The van der Waals surface area contributed by atoms with E-state index in [0.717, 1.165) is 32.1 Å². The Morgan fingerprint density at radius 2 is 2.20 bits per heavy atom. The Hall–Kier alpha value is 0.550. The van der Waals surface area contributed by atoms with Gasteiger partial charge in [0.2, 0.25) is 0 Å². The smallest absolute Gasteiger partial charge is 0.129 e. The van der Waals surface area contributed by atoms with Crippen LogP contribution < -0.4 is 0 Å². The van der Waals surface area contributed by atoms with Crippen LogP contribution in [0.25, 0.3) is 0 Å². The molecule has 0 aromatic carbocycles. The SMILES string of the molecule is C=C(Br)C/C=C1\CN=C(SCC(=C)Br)S1. The highest BCUT2D eigenvalue weighted by Gasteiger charge is 2.12. The van der Waals surface area contributed by atoms with Crippen molar-refractivity contribution in [3.63, 3.8) is 0 Å². The van der Waals surface area contributed by atoms with Gasteiger partial charge in [0.15, 0.2) is 0 Å². The van der Waals surface area contributed by atoms with E-state index in [1.807, 2.05) is 0 Å². The maximum absolute atomic E-state index is 4.43. The number of aliphatic imine (C=N–C) groups is 1. The molecule has 1 rings (SSSR count). The van der Waals surface area contributed by atoms with Gasteiger partial charge in [-0.1, -0.05) is 74.6 Å². The van der Waals surface area contributed by atoms with Gasteiger partial charge in [0, 0.05) is 10.7 Å². The Labute approximate surface area is 116 Å². The molecule has 1 aliphatic heterocycles. The van der Waals surface area contributed by atoms with E-state index in [2.05, 4.69) is 56.1 Å². The van der Waals surface area contributed by atoms with E-state index in [1.54, 1.807) is 23.5 Å². The third-order valence-corrected chi connectivity index (χ3v) is 4.80. The molecule has 1 heterocycles. The molecule has 1 nitrogen and oxygen atoms in total. The monoisotopic (exact) mass is 367 g/mol. The van der Waals surface area contributed by atoms with E-state index in [9.17, 15) is 0 Å². The van der Waals surface area contributed by atoms with Crippen LogP contribution >= 0.6 is 55.4 Å². The number of allylic oxidation sites excluding steroid dienone is 2. The van der Waals surface area contributed by atoms with Crippen LogP contribution in [0.5, 0.6) is 0 Å². The van der Waals surface area contributed by atoms with Gasteiger partial charge in [-0.25, -0.2) is 0 Å². The third kappa shape index (κ3) is 6.00. The van der Waals surface area contributed by atoms with E-state index in [0.29, 0.717) is 0 Å². The van der Waals surface area contributed by atoms with Gasteiger partial charge in [0.05, 0.1) is 6.54 Å². The predicted molar refractivity (Wildman–Crippen MR) is 81.2 cm³/mol. The van der Waals surface area contributed by atoms with Crippen molar-refractivity contribution in [1.82, 2.24) is 0 Å². The minimum Gasteiger partial charge on any atom is -0.266 e. The predicted octanol–water partition coefficient (Wildman–Crippen LogP) is 4.91. The lowest BCUT2D eigenvalue weighted by Gasteiger charge is -1.98. The maximum atomic E-state index is 4.43. The second-order valence-corrected chi connectivity index (χ2v) is 7.46. The maximum Gasteiger partial charge on any atom is 0.129 e. The fourth-order valence-electron chi connectivity index (χ4n) is 0.865. The Balaban J connectivity index is 2.33. The van der Waals surface area contributed by atoms with Crippen LogP contribution in [-0.2, 0) is 0 Å². The highest BCUT2D eigenvalue weighted by Crippen LogP contribution is 2.33. The van der Waals surface area contributed by atoms with Gasteiger partial charge in [-0.15, -0.1) is 0 Å². The molecule has 0 spiro atoms. The Morgan fingerprint density at radius 3 is 2.80 bits per heavy atom. The highest BCUT2D eigenvalue weighted by atomic mass is 79.9. The van der Waals surface area contributed by atoms with Gasteiger partial charge in [-0.2, -0.15) is 0 Å². The van der Waals surface area contributed by atoms with Crippen molar-refractivity contribution >= 4 is 59.8 Å². The zero-order valence-corrected chi connectivity index (χ0v) is 12.9. The first-order valence-electron chi connectivity index (χ1n) is 4.28. The average Bonchev–Trinajstić information content (AvgIpc) is 2.59. The molecule has 15 heavy (non-hydrogen) atoms. The highest BCUT2D eigenvalue weighted by molar-refractivity contribution is 9.12. The molecule has 0 N–H and O–H groups in total. The van der Waals surface area contributed by atoms with E-state index in [4.69, 9.17) is 0 Å². The Bertz CT molecular complexity index is 334. The van der Waals surface area contributed by atoms with Crippen molar-refractivity contribution in [3.05, 3.63) is 33.1 Å². The number of hydrogen-bond donors (Lipinski definition) is 0. The van der Waals surface area contributed by atoms with Crippen LogP contribution in [-0.4, -0.2) is 16.7 Å². The van der Waals surface area contributed by atoms with Crippen molar-refractivity contribution in [1.29, 1.82) is 0 Å². The van der Waals surface area contributed by atoms with Crippen LogP contribution in [0.2, 0.25) is 0 Å². The van der Waals surface area contributed by atoms with Crippen LogP contribution in [0.15, 0.2) is 38.1 Å². The number of hydrogen-bond acceptors (Lipinski definition) is 3. The van der Waals surface area contributed by atoms with Crippen molar-refractivity contribution in [3.8, 4) is 0 Å². The summed E-state index contributed by atoms with van der Waals surface area (Å²) >= 11 is 10.1. The first kappa shape index (κ1) is 13.6. The van der Waals surface area contributed by atoms with Crippen molar-refractivity contribution in [2.45, 2.75) is 6.42 Å². The molecule has 0 aromatic heterocycles. The second kappa shape index (κ2) is 6.99. The van der Waals surface area contributed by atoms with Crippen molar-refractivity contribution in [2.24, 2.45) is 4.99 Å². The summed E-state index contributed by atoms with van der Waals surface area (Å²) in [5, 5.41) is 0. The number of rotatable bonds is 4. The summed E-state index contributed by atoms with van der Waals surface area (Å²) in [6, 6.07) is 0. The third-order valence-electron chi connectivity index (χ3n) is 1.49. The van der Waals surface area contributed by atoms with E-state index in [1.165, 1.54) is 4.91 Å². The van der Waals surface area contributed by atoms with Gasteiger partial charge >= 0.3 is 0 Å². The largest absolute Gasteiger partial charge is 0.266 e. The quantitative estimate of drug-likeness (QED) is 0.698. The molecule has 0 saturated heterocycles. The molecule has 0 radical (unpaired) electrons.